The van der Waals surface area contributed by atoms with E-state index in [-0.39, 0.29) is 22.2 Å². The van der Waals surface area contributed by atoms with Gasteiger partial charge in [0.1, 0.15) is 11.6 Å². The van der Waals surface area contributed by atoms with Crippen LogP contribution in [0.15, 0.2) is 17.7 Å². The molecule has 1 amide bonds. The van der Waals surface area contributed by atoms with Crippen molar-refractivity contribution in [2.45, 2.75) is 38.6 Å². The van der Waals surface area contributed by atoms with E-state index in [4.69, 9.17) is 11.6 Å². The quantitative estimate of drug-likeness (QED) is 0.367. The van der Waals surface area contributed by atoms with Crippen molar-refractivity contribution in [1.29, 1.82) is 5.26 Å². The molecule has 2 atom stereocenters. The van der Waals surface area contributed by atoms with Crippen molar-refractivity contribution in [1.82, 2.24) is 5.32 Å². The Morgan fingerprint density at radius 1 is 1.48 bits per heavy atom. The Morgan fingerprint density at radius 2 is 2.16 bits per heavy atom. The van der Waals surface area contributed by atoms with E-state index >= 15 is 0 Å². The summed E-state index contributed by atoms with van der Waals surface area (Å²) in [5.41, 5.74) is -0.885. The zero-order valence-electron chi connectivity index (χ0n) is 13.7. The minimum absolute atomic E-state index is 0.0136. The Labute approximate surface area is 150 Å². The fourth-order valence-electron chi connectivity index (χ4n) is 2.94. The maximum atomic E-state index is 12.4. The van der Waals surface area contributed by atoms with E-state index in [1.807, 2.05) is 6.92 Å². The van der Waals surface area contributed by atoms with Gasteiger partial charge in [-0.25, -0.2) is 0 Å². The molecule has 0 aromatic heterocycles. The molecule has 0 bridgehead atoms. The number of carbonyl (C=O) groups excluding carboxylic acids is 1. The number of benzene rings is 1. The first-order chi connectivity index (χ1) is 11.8. The molecule has 1 aromatic rings. The van der Waals surface area contributed by atoms with Gasteiger partial charge in [-0.05, 0) is 30.9 Å². The fraction of sp³-hybridized carbons (Fsp3) is 0.412. The van der Waals surface area contributed by atoms with Crippen molar-refractivity contribution in [3.8, 4) is 11.8 Å². The van der Waals surface area contributed by atoms with Crippen LogP contribution in [0.4, 0.5) is 5.69 Å². The Balaban J connectivity index is 2.29. The second-order valence-electron chi connectivity index (χ2n) is 6.13. The molecule has 0 heterocycles. The van der Waals surface area contributed by atoms with Crippen LogP contribution in [-0.2, 0) is 4.79 Å². The predicted octanol–water partition coefficient (Wildman–Crippen LogP) is 3.56. The third-order valence-electron chi connectivity index (χ3n) is 4.37. The minimum atomic E-state index is -0.783. The summed E-state index contributed by atoms with van der Waals surface area (Å²) in [5, 5.41) is 33.0. The molecular formula is C17H18ClN3O4. The van der Waals surface area contributed by atoms with E-state index in [0.717, 1.165) is 37.8 Å². The van der Waals surface area contributed by atoms with Gasteiger partial charge in [0.05, 0.1) is 4.92 Å². The lowest BCUT2D eigenvalue weighted by Gasteiger charge is -2.29. The van der Waals surface area contributed by atoms with Crippen molar-refractivity contribution in [3.63, 3.8) is 0 Å². The Morgan fingerprint density at radius 3 is 2.76 bits per heavy atom. The molecule has 8 heteroatoms. The molecule has 2 N–H and O–H groups in total. The maximum Gasteiger partial charge on any atom is 0.312 e. The largest absolute Gasteiger partial charge is 0.502 e. The van der Waals surface area contributed by atoms with Gasteiger partial charge < -0.3 is 10.4 Å². The Hall–Kier alpha value is -2.59. The maximum absolute atomic E-state index is 12.4. The van der Waals surface area contributed by atoms with Gasteiger partial charge in [-0.15, -0.1) is 0 Å². The van der Waals surface area contributed by atoms with Crippen LogP contribution in [0.1, 0.15) is 38.2 Å². The number of amides is 1. The average Bonchev–Trinajstić information content (AvgIpc) is 2.56. The van der Waals surface area contributed by atoms with E-state index in [0.29, 0.717) is 5.92 Å². The van der Waals surface area contributed by atoms with Crippen LogP contribution in [0, 0.1) is 27.4 Å². The number of nitro groups is 1. The molecule has 2 rings (SSSR count). The summed E-state index contributed by atoms with van der Waals surface area (Å²) in [5.74, 6) is -0.887. The molecule has 0 radical (unpaired) electrons. The second kappa shape index (κ2) is 7.99. The zero-order chi connectivity index (χ0) is 18.6. The van der Waals surface area contributed by atoms with Gasteiger partial charge in [0, 0.05) is 22.7 Å². The van der Waals surface area contributed by atoms with Crippen molar-refractivity contribution in [2.24, 2.45) is 5.92 Å². The topological polar surface area (TPSA) is 116 Å². The standard InChI is InChI=1S/C17H18ClN3O4/c1-10-4-2-3-5-14(10)20-17(23)12(9-19)6-11-7-13(18)8-15(16(11)22)21(24)25/h6-8,10,14,22H,2-5H2,1H3,(H,20,23)/b12-6+/t10-,14+/m0/s1. The summed E-state index contributed by atoms with van der Waals surface area (Å²) < 4.78 is 0. The summed E-state index contributed by atoms with van der Waals surface area (Å²) >= 11 is 5.82. The van der Waals surface area contributed by atoms with Crippen LogP contribution < -0.4 is 5.32 Å². The molecule has 1 aromatic carbocycles. The number of phenolic OH excluding ortho intramolecular Hbond substituents is 1. The van der Waals surface area contributed by atoms with Gasteiger partial charge in [-0.1, -0.05) is 31.4 Å². The monoisotopic (exact) mass is 363 g/mol. The highest BCUT2D eigenvalue weighted by atomic mass is 35.5. The van der Waals surface area contributed by atoms with Gasteiger partial charge in [-0.3, -0.25) is 14.9 Å². The van der Waals surface area contributed by atoms with Gasteiger partial charge in [-0.2, -0.15) is 5.26 Å². The van der Waals surface area contributed by atoms with Gasteiger partial charge in [0.25, 0.3) is 5.91 Å². The number of carbonyl (C=O) groups is 1. The summed E-state index contributed by atoms with van der Waals surface area (Å²) in [6, 6.07) is 4.03. The van der Waals surface area contributed by atoms with Crippen molar-refractivity contribution >= 4 is 29.3 Å². The average molecular weight is 364 g/mol. The highest BCUT2D eigenvalue weighted by Gasteiger charge is 2.25. The molecule has 0 saturated heterocycles. The smallest absolute Gasteiger partial charge is 0.312 e. The van der Waals surface area contributed by atoms with Crippen molar-refractivity contribution in [2.75, 3.05) is 0 Å². The van der Waals surface area contributed by atoms with E-state index < -0.39 is 22.3 Å². The van der Waals surface area contributed by atoms with Crippen molar-refractivity contribution in [3.05, 3.63) is 38.4 Å². The number of rotatable bonds is 4. The number of nitrogens with zero attached hydrogens (tertiary/aromatic N) is 2. The summed E-state index contributed by atoms with van der Waals surface area (Å²) in [7, 11) is 0. The number of phenols is 1. The van der Waals surface area contributed by atoms with Crippen LogP contribution in [0.2, 0.25) is 5.02 Å². The number of aromatic hydroxyl groups is 1. The summed E-state index contributed by atoms with van der Waals surface area (Å²) in [6.45, 7) is 2.05. The van der Waals surface area contributed by atoms with Crippen LogP contribution in [0.5, 0.6) is 5.75 Å². The fourth-order valence-corrected chi connectivity index (χ4v) is 3.16. The Bertz CT molecular complexity index is 770. The highest BCUT2D eigenvalue weighted by Crippen LogP contribution is 2.34. The molecule has 1 aliphatic rings. The van der Waals surface area contributed by atoms with Crippen LogP contribution in [0.3, 0.4) is 0 Å². The molecule has 7 nitrogen and oxygen atoms in total. The lowest BCUT2D eigenvalue weighted by Crippen LogP contribution is -2.41. The third kappa shape index (κ3) is 4.48. The predicted molar refractivity (Wildman–Crippen MR) is 92.9 cm³/mol. The number of hydrogen-bond donors (Lipinski definition) is 2. The number of hydrogen-bond acceptors (Lipinski definition) is 5. The number of halogens is 1. The van der Waals surface area contributed by atoms with Crippen LogP contribution in [-0.4, -0.2) is 22.0 Å². The molecule has 1 aliphatic carbocycles. The van der Waals surface area contributed by atoms with Gasteiger partial charge >= 0.3 is 5.69 Å². The molecule has 0 aliphatic heterocycles. The molecule has 1 fully saturated rings. The molecule has 0 unspecified atom stereocenters. The van der Waals surface area contributed by atoms with Gasteiger partial charge in [0.15, 0.2) is 0 Å². The summed E-state index contributed by atoms with van der Waals surface area (Å²) in [4.78, 5) is 22.5. The lowest BCUT2D eigenvalue weighted by atomic mass is 9.86. The number of nitrogens with one attached hydrogen (secondary N) is 1. The van der Waals surface area contributed by atoms with Crippen LogP contribution in [0.25, 0.3) is 6.08 Å². The van der Waals surface area contributed by atoms with Crippen LogP contribution >= 0.6 is 11.6 Å². The van der Waals surface area contributed by atoms with Gasteiger partial charge in [0.2, 0.25) is 5.75 Å². The summed E-state index contributed by atoms with van der Waals surface area (Å²) in [6.07, 6.45) is 5.10. The lowest BCUT2D eigenvalue weighted by molar-refractivity contribution is -0.385. The minimum Gasteiger partial charge on any atom is -0.502 e. The van der Waals surface area contributed by atoms with E-state index in [1.54, 1.807) is 6.07 Å². The first-order valence-electron chi connectivity index (χ1n) is 7.93. The molecule has 0 spiro atoms. The van der Waals surface area contributed by atoms with E-state index in [9.17, 15) is 25.3 Å². The third-order valence-corrected chi connectivity index (χ3v) is 4.59. The normalized spacial score (nSPS) is 20.6. The molecule has 132 valence electrons. The first kappa shape index (κ1) is 18.7. The SMILES string of the molecule is C[C@H]1CCCC[C@H]1NC(=O)/C(C#N)=C/c1cc(Cl)cc([N+](=O)[O-])c1O. The molecule has 25 heavy (non-hydrogen) atoms. The Kier molecular flexibility index (Phi) is 5.99. The van der Waals surface area contributed by atoms with Crippen molar-refractivity contribution < 1.29 is 14.8 Å². The number of nitriles is 1. The zero-order valence-corrected chi connectivity index (χ0v) is 14.4. The van der Waals surface area contributed by atoms with E-state index in [2.05, 4.69) is 5.32 Å². The second-order valence-corrected chi connectivity index (χ2v) is 6.57. The van der Waals surface area contributed by atoms with E-state index in [1.165, 1.54) is 6.07 Å². The first-order valence-corrected chi connectivity index (χ1v) is 8.30. The highest BCUT2D eigenvalue weighted by molar-refractivity contribution is 6.31. The molecule has 1 saturated carbocycles. The molecular weight excluding hydrogens is 346 g/mol. The number of nitro benzene ring substituents is 1.